The van der Waals surface area contributed by atoms with Gasteiger partial charge in [-0.1, -0.05) is 35.9 Å². The second-order valence-electron chi connectivity index (χ2n) is 7.37. The maximum atomic E-state index is 12.5. The fourth-order valence-corrected chi connectivity index (χ4v) is 2.97. The zero-order chi connectivity index (χ0) is 23.8. The molecule has 0 saturated heterocycles. The maximum absolute atomic E-state index is 12.5. The van der Waals surface area contributed by atoms with E-state index in [1.54, 1.807) is 62.6 Å². The molecule has 0 aromatic heterocycles. The second-order valence-corrected chi connectivity index (χ2v) is 7.37. The van der Waals surface area contributed by atoms with Crippen LogP contribution >= 0.6 is 0 Å². The fourth-order valence-electron chi connectivity index (χ4n) is 2.97. The number of Topliss-reactive ketones (excluding diaryl/α,β-unsaturated/α-hetero) is 1. The molecule has 3 aromatic carbocycles. The molecule has 33 heavy (non-hydrogen) atoms. The molecule has 0 saturated carbocycles. The molecule has 1 amide bonds. The van der Waals surface area contributed by atoms with E-state index in [9.17, 15) is 14.4 Å². The Morgan fingerprint density at radius 2 is 1.55 bits per heavy atom. The minimum Gasteiger partial charge on any atom is -0.497 e. The zero-order valence-electron chi connectivity index (χ0n) is 18.7. The number of hydrogen-bond donors (Lipinski definition) is 1. The van der Waals surface area contributed by atoms with Gasteiger partial charge in [-0.2, -0.15) is 0 Å². The molecule has 3 rings (SSSR count). The molecular formula is C26H25NO6. The number of esters is 1. The third-order valence-electron chi connectivity index (χ3n) is 4.80. The predicted octanol–water partition coefficient (Wildman–Crippen LogP) is 4.45. The molecule has 0 spiro atoms. The predicted molar refractivity (Wildman–Crippen MR) is 124 cm³/mol. The van der Waals surface area contributed by atoms with Crippen LogP contribution in [0.15, 0.2) is 72.8 Å². The van der Waals surface area contributed by atoms with Gasteiger partial charge in [0.25, 0.3) is 5.91 Å². The van der Waals surface area contributed by atoms with Crippen LogP contribution in [0.25, 0.3) is 0 Å². The zero-order valence-corrected chi connectivity index (χ0v) is 18.7. The van der Waals surface area contributed by atoms with Crippen molar-refractivity contribution in [3.8, 4) is 11.5 Å². The van der Waals surface area contributed by atoms with Crippen LogP contribution in [-0.2, 0) is 9.53 Å². The summed E-state index contributed by atoms with van der Waals surface area (Å²) in [6.45, 7) is 3.26. The quantitative estimate of drug-likeness (QED) is 0.385. The Labute approximate surface area is 192 Å². The van der Waals surface area contributed by atoms with Crippen molar-refractivity contribution in [1.29, 1.82) is 0 Å². The molecule has 0 radical (unpaired) electrons. The summed E-state index contributed by atoms with van der Waals surface area (Å²) >= 11 is 0. The van der Waals surface area contributed by atoms with Crippen LogP contribution in [0.4, 0.5) is 5.69 Å². The van der Waals surface area contributed by atoms with Gasteiger partial charge in [0.05, 0.1) is 12.7 Å². The van der Waals surface area contributed by atoms with Crippen molar-refractivity contribution in [3.05, 3.63) is 89.5 Å². The number of ether oxygens (including phenoxy) is 3. The molecule has 0 heterocycles. The molecule has 3 aromatic rings. The number of aryl methyl sites for hydroxylation is 1. The molecule has 0 aliphatic carbocycles. The van der Waals surface area contributed by atoms with Crippen LogP contribution in [0.3, 0.4) is 0 Å². The van der Waals surface area contributed by atoms with Crippen molar-refractivity contribution < 1.29 is 28.6 Å². The molecule has 7 heteroatoms. The second kappa shape index (κ2) is 10.9. The summed E-state index contributed by atoms with van der Waals surface area (Å²) in [6, 6.07) is 20.2. The van der Waals surface area contributed by atoms with Gasteiger partial charge < -0.3 is 19.5 Å². The minimum absolute atomic E-state index is 0.205. The van der Waals surface area contributed by atoms with Gasteiger partial charge in [-0.05, 0) is 50.2 Å². The van der Waals surface area contributed by atoms with Crippen molar-refractivity contribution in [3.63, 3.8) is 0 Å². The number of ketones is 1. The summed E-state index contributed by atoms with van der Waals surface area (Å²) in [5, 5.41) is 2.72. The Bertz CT molecular complexity index is 1120. The van der Waals surface area contributed by atoms with Crippen LogP contribution < -0.4 is 14.8 Å². The molecule has 170 valence electrons. The van der Waals surface area contributed by atoms with Gasteiger partial charge >= 0.3 is 5.97 Å². The lowest BCUT2D eigenvalue weighted by Gasteiger charge is -2.13. The van der Waals surface area contributed by atoms with Gasteiger partial charge in [-0.15, -0.1) is 0 Å². The van der Waals surface area contributed by atoms with Crippen molar-refractivity contribution in [2.45, 2.75) is 20.0 Å². The molecule has 1 N–H and O–H groups in total. The largest absolute Gasteiger partial charge is 0.497 e. The highest BCUT2D eigenvalue weighted by Gasteiger charge is 2.20. The Morgan fingerprint density at radius 1 is 0.879 bits per heavy atom. The monoisotopic (exact) mass is 447 g/mol. The number of carbonyl (C=O) groups is 3. The van der Waals surface area contributed by atoms with Crippen molar-refractivity contribution in [2.24, 2.45) is 0 Å². The summed E-state index contributed by atoms with van der Waals surface area (Å²) in [5.41, 5.74) is 2.38. The first kappa shape index (κ1) is 23.5. The number of nitrogens with one attached hydrogen (secondary N) is 1. The van der Waals surface area contributed by atoms with E-state index in [1.165, 1.54) is 12.1 Å². The first-order valence-electron chi connectivity index (χ1n) is 10.3. The lowest BCUT2D eigenvalue weighted by atomic mass is 10.1. The Hall–Kier alpha value is -4.13. The van der Waals surface area contributed by atoms with E-state index >= 15 is 0 Å². The maximum Gasteiger partial charge on any atom is 0.338 e. The van der Waals surface area contributed by atoms with Crippen LogP contribution in [-0.4, -0.2) is 37.5 Å². The van der Waals surface area contributed by atoms with E-state index in [-0.39, 0.29) is 23.9 Å². The molecule has 1 atom stereocenters. The van der Waals surface area contributed by atoms with Gasteiger partial charge in [0.2, 0.25) is 5.78 Å². The Balaban J connectivity index is 1.50. The lowest BCUT2D eigenvalue weighted by Crippen LogP contribution is -2.24. The number of amides is 1. The third-order valence-corrected chi connectivity index (χ3v) is 4.80. The molecule has 0 bridgehead atoms. The molecule has 0 aliphatic rings. The number of hydrogen-bond acceptors (Lipinski definition) is 6. The van der Waals surface area contributed by atoms with Crippen molar-refractivity contribution in [1.82, 2.24) is 0 Å². The average molecular weight is 447 g/mol. The molecule has 7 nitrogen and oxygen atoms in total. The Morgan fingerprint density at radius 3 is 2.21 bits per heavy atom. The van der Waals surface area contributed by atoms with Crippen molar-refractivity contribution >= 4 is 23.3 Å². The highest BCUT2D eigenvalue weighted by molar-refractivity contribution is 6.01. The van der Waals surface area contributed by atoms with Crippen molar-refractivity contribution in [2.75, 3.05) is 19.0 Å². The van der Waals surface area contributed by atoms with E-state index in [0.29, 0.717) is 22.7 Å². The first-order chi connectivity index (χ1) is 15.9. The smallest absolute Gasteiger partial charge is 0.338 e. The molecule has 0 fully saturated rings. The number of carbonyl (C=O) groups excluding carboxylic acids is 3. The van der Waals surface area contributed by atoms with Gasteiger partial charge in [0, 0.05) is 17.3 Å². The molecule has 1 unspecified atom stereocenters. The molecule has 0 aliphatic heterocycles. The average Bonchev–Trinajstić information content (AvgIpc) is 2.83. The van der Waals surface area contributed by atoms with Gasteiger partial charge in [-0.3, -0.25) is 9.59 Å². The van der Waals surface area contributed by atoms with E-state index in [0.717, 1.165) is 5.56 Å². The van der Waals surface area contributed by atoms with E-state index in [1.807, 2.05) is 19.1 Å². The Kier molecular flexibility index (Phi) is 7.81. The fraction of sp³-hybridized carbons (Fsp3) is 0.192. The normalized spacial score (nSPS) is 11.2. The number of rotatable bonds is 9. The van der Waals surface area contributed by atoms with Crippen LogP contribution in [0.1, 0.15) is 33.2 Å². The summed E-state index contributed by atoms with van der Waals surface area (Å²) < 4.78 is 15.9. The SMILES string of the molecule is COc1cccc(NC(=O)COc2ccc(C(=O)OC(C)C(=O)c3ccc(C)cc3)cc2)c1. The topological polar surface area (TPSA) is 90.9 Å². The highest BCUT2D eigenvalue weighted by atomic mass is 16.5. The van der Waals surface area contributed by atoms with Gasteiger partial charge in [-0.25, -0.2) is 4.79 Å². The third kappa shape index (κ3) is 6.67. The number of benzene rings is 3. The summed E-state index contributed by atoms with van der Waals surface area (Å²) in [5.74, 6) is -0.187. The summed E-state index contributed by atoms with van der Waals surface area (Å²) in [7, 11) is 1.55. The number of anilines is 1. The van der Waals surface area contributed by atoms with E-state index in [4.69, 9.17) is 14.2 Å². The summed E-state index contributed by atoms with van der Waals surface area (Å²) in [6.07, 6.45) is -0.920. The standard InChI is InChI=1S/C26H25NO6/c1-17-7-9-19(10-8-17)25(29)18(2)33-26(30)20-11-13-22(14-12-20)32-16-24(28)27-21-5-4-6-23(15-21)31-3/h4-15,18H,16H2,1-3H3,(H,27,28). The van der Waals surface area contributed by atoms with Gasteiger partial charge in [0.1, 0.15) is 11.5 Å². The first-order valence-corrected chi connectivity index (χ1v) is 10.3. The highest BCUT2D eigenvalue weighted by Crippen LogP contribution is 2.18. The van der Waals surface area contributed by atoms with Crippen LogP contribution in [0, 0.1) is 6.92 Å². The lowest BCUT2D eigenvalue weighted by molar-refractivity contribution is -0.118. The van der Waals surface area contributed by atoms with Gasteiger partial charge in [0.15, 0.2) is 12.7 Å². The van der Waals surface area contributed by atoms with E-state index in [2.05, 4.69) is 5.32 Å². The minimum atomic E-state index is -0.920. The van der Waals surface area contributed by atoms with E-state index < -0.39 is 12.1 Å². The summed E-state index contributed by atoms with van der Waals surface area (Å²) in [4.78, 5) is 36.9. The number of methoxy groups -OCH3 is 1. The van der Waals surface area contributed by atoms with Crippen LogP contribution in [0.5, 0.6) is 11.5 Å². The van der Waals surface area contributed by atoms with Crippen LogP contribution in [0.2, 0.25) is 0 Å². The molecular weight excluding hydrogens is 422 g/mol.